The number of benzene rings is 3. The number of rotatable bonds is 10. The number of alkyl halides is 2. The number of phenols is 1. The van der Waals surface area contributed by atoms with Gasteiger partial charge in [0, 0.05) is 23.6 Å². The lowest BCUT2D eigenvalue weighted by atomic mass is 10.0. The van der Waals surface area contributed by atoms with Crippen molar-refractivity contribution in [2.45, 2.75) is 18.4 Å². The zero-order valence-electron chi connectivity index (χ0n) is 18.9. The molecule has 0 fully saturated rings. The van der Waals surface area contributed by atoms with Crippen LogP contribution >= 0.6 is 0 Å². The molecule has 0 unspecified atom stereocenters. The van der Waals surface area contributed by atoms with Crippen LogP contribution in [0.3, 0.4) is 0 Å². The first kappa shape index (κ1) is 24.4. The number of aromatic nitrogens is 1. The molecule has 0 spiro atoms. The fourth-order valence-corrected chi connectivity index (χ4v) is 3.86. The molecule has 4 N–H and O–H groups in total. The van der Waals surface area contributed by atoms with Crippen molar-refractivity contribution >= 4 is 10.9 Å². The summed E-state index contributed by atoms with van der Waals surface area (Å²) in [5.41, 5.74) is 1.33. The quantitative estimate of drug-likeness (QED) is 0.254. The SMILES string of the molecule is O=c1ccc2c([C@@H](O)CNCCc3cccc(OCC(F)(F)c4ccccc4)c3)ccc(O)c2[nH]1. The molecule has 0 aliphatic heterocycles. The molecule has 0 aliphatic carbocycles. The first-order valence-electron chi connectivity index (χ1n) is 11.2. The maximum Gasteiger partial charge on any atom is 0.306 e. The summed E-state index contributed by atoms with van der Waals surface area (Å²) in [5.74, 6) is -2.80. The third-order valence-corrected chi connectivity index (χ3v) is 5.71. The van der Waals surface area contributed by atoms with Crippen LogP contribution in [0.1, 0.15) is 22.8 Å². The van der Waals surface area contributed by atoms with Crippen molar-refractivity contribution in [3.05, 3.63) is 106 Å². The largest absolute Gasteiger partial charge is 0.506 e. The summed E-state index contributed by atoms with van der Waals surface area (Å²) in [7, 11) is 0. The van der Waals surface area contributed by atoms with Gasteiger partial charge in [0.15, 0.2) is 6.61 Å². The van der Waals surface area contributed by atoms with E-state index in [1.807, 2.05) is 6.07 Å². The Balaban J connectivity index is 1.30. The van der Waals surface area contributed by atoms with Gasteiger partial charge in [0.05, 0.1) is 11.6 Å². The van der Waals surface area contributed by atoms with Gasteiger partial charge in [0.2, 0.25) is 5.56 Å². The molecule has 1 heterocycles. The molecule has 3 aromatic carbocycles. The van der Waals surface area contributed by atoms with E-state index in [0.29, 0.717) is 29.7 Å². The molecule has 35 heavy (non-hydrogen) atoms. The number of halogens is 2. The van der Waals surface area contributed by atoms with Crippen molar-refractivity contribution in [1.82, 2.24) is 10.3 Å². The average Bonchev–Trinajstić information content (AvgIpc) is 2.87. The lowest BCUT2D eigenvalue weighted by Gasteiger charge is -2.18. The highest BCUT2D eigenvalue weighted by atomic mass is 19.3. The van der Waals surface area contributed by atoms with Crippen LogP contribution in [0.4, 0.5) is 8.78 Å². The van der Waals surface area contributed by atoms with Crippen molar-refractivity contribution in [2.75, 3.05) is 19.7 Å². The number of H-pyrrole nitrogens is 1. The van der Waals surface area contributed by atoms with Crippen molar-refractivity contribution in [3.8, 4) is 11.5 Å². The molecule has 1 aromatic heterocycles. The fraction of sp³-hybridized carbons (Fsp3) is 0.222. The Hall–Kier alpha value is -3.75. The molecular formula is C27H26F2N2O4. The van der Waals surface area contributed by atoms with E-state index in [-0.39, 0.29) is 28.9 Å². The number of hydrogen-bond donors (Lipinski definition) is 4. The molecule has 6 nitrogen and oxygen atoms in total. The molecule has 4 rings (SSSR count). The monoisotopic (exact) mass is 480 g/mol. The molecule has 0 amide bonds. The van der Waals surface area contributed by atoms with Gasteiger partial charge in [-0.05, 0) is 48.4 Å². The Morgan fingerprint density at radius 1 is 1.00 bits per heavy atom. The zero-order valence-corrected chi connectivity index (χ0v) is 18.9. The summed E-state index contributed by atoms with van der Waals surface area (Å²) in [5, 5.41) is 24.4. The Morgan fingerprint density at radius 2 is 1.80 bits per heavy atom. The van der Waals surface area contributed by atoms with Gasteiger partial charge in [0.25, 0.3) is 0 Å². The minimum Gasteiger partial charge on any atom is -0.506 e. The highest BCUT2D eigenvalue weighted by Gasteiger charge is 2.32. The molecule has 0 saturated heterocycles. The minimum absolute atomic E-state index is 0.0646. The normalized spacial score (nSPS) is 12.5. The van der Waals surface area contributed by atoms with E-state index in [2.05, 4.69) is 10.3 Å². The Labute approximate surface area is 200 Å². The number of fused-ring (bicyclic) bond motifs is 1. The molecule has 182 valence electrons. The number of hydrogen-bond acceptors (Lipinski definition) is 5. The van der Waals surface area contributed by atoms with Gasteiger partial charge in [-0.25, -0.2) is 0 Å². The van der Waals surface area contributed by atoms with Gasteiger partial charge in [-0.3, -0.25) is 4.79 Å². The molecule has 8 heteroatoms. The number of phenolic OH excluding ortho intramolecular Hbond substituents is 1. The number of aliphatic hydroxyl groups excluding tert-OH is 1. The number of aliphatic hydroxyl groups is 1. The third-order valence-electron chi connectivity index (χ3n) is 5.71. The number of aromatic amines is 1. The lowest BCUT2D eigenvalue weighted by molar-refractivity contribution is -0.0467. The highest BCUT2D eigenvalue weighted by molar-refractivity contribution is 5.87. The van der Waals surface area contributed by atoms with E-state index in [9.17, 15) is 23.8 Å². The van der Waals surface area contributed by atoms with Gasteiger partial charge in [-0.15, -0.1) is 0 Å². The summed E-state index contributed by atoms with van der Waals surface area (Å²) in [6, 6.07) is 20.5. The highest BCUT2D eigenvalue weighted by Crippen LogP contribution is 2.30. The summed E-state index contributed by atoms with van der Waals surface area (Å²) in [6.07, 6.45) is -0.262. The molecule has 4 aromatic rings. The second-order valence-electron chi connectivity index (χ2n) is 8.26. The van der Waals surface area contributed by atoms with E-state index < -0.39 is 18.6 Å². The van der Waals surface area contributed by atoms with Crippen LogP contribution in [0.5, 0.6) is 11.5 Å². The zero-order chi connectivity index (χ0) is 24.8. The van der Waals surface area contributed by atoms with Crippen molar-refractivity contribution in [1.29, 1.82) is 0 Å². The van der Waals surface area contributed by atoms with Gasteiger partial charge in [-0.2, -0.15) is 8.78 Å². The number of pyridine rings is 1. The Kier molecular flexibility index (Phi) is 7.43. The van der Waals surface area contributed by atoms with Gasteiger partial charge in [0.1, 0.15) is 11.5 Å². The molecule has 1 atom stereocenters. The van der Waals surface area contributed by atoms with Gasteiger partial charge >= 0.3 is 5.92 Å². The molecule has 0 bridgehead atoms. The van der Waals surface area contributed by atoms with Gasteiger partial charge < -0.3 is 25.3 Å². The van der Waals surface area contributed by atoms with Crippen LogP contribution in [0.15, 0.2) is 83.7 Å². The van der Waals surface area contributed by atoms with Crippen molar-refractivity contribution in [3.63, 3.8) is 0 Å². The Bertz CT molecular complexity index is 1340. The number of nitrogens with one attached hydrogen (secondary N) is 2. The Morgan fingerprint density at radius 3 is 2.60 bits per heavy atom. The van der Waals surface area contributed by atoms with Crippen LogP contribution in [-0.4, -0.2) is 34.9 Å². The maximum atomic E-state index is 14.4. The van der Waals surface area contributed by atoms with Crippen molar-refractivity contribution < 1.29 is 23.7 Å². The topological polar surface area (TPSA) is 94.6 Å². The summed E-state index contributed by atoms with van der Waals surface area (Å²) < 4.78 is 34.1. The number of aromatic hydroxyl groups is 1. The van der Waals surface area contributed by atoms with Crippen molar-refractivity contribution in [2.24, 2.45) is 0 Å². The molecule has 0 aliphatic rings. The second-order valence-corrected chi connectivity index (χ2v) is 8.26. The predicted molar refractivity (Wildman–Crippen MR) is 130 cm³/mol. The summed E-state index contributed by atoms with van der Waals surface area (Å²) in [6.45, 7) is 0.0305. The number of ether oxygens (including phenoxy) is 1. The predicted octanol–water partition coefficient (Wildman–Crippen LogP) is 4.27. The fourth-order valence-electron chi connectivity index (χ4n) is 3.86. The summed E-state index contributed by atoms with van der Waals surface area (Å²) >= 11 is 0. The first-order chi connectivity index (χ1) is 16.8. The standard InChI is InChI=1S/C27H26F2N2O4/c28-27(29,19-6-2-1-3-7-19)17-35-20-8-4-5-18(15-20)13-14-30-16-24(33)21-9-11-23(32)26-22(21)10-12-25(34)31-26/h1-12,15,24,30,32-33H,13-14,16-17H2,(H,31,34)/t24-/m0/s1. The molecular weight excluding hydrogens is 454 g/mol. The van der Waals surface area contributed by atoms with Crippen LogP contribution in [0, 0.1) is 0 Å². The average molecular weight is 481 g/mol. The van der Waals surface area contributed by atoms with Crippen LogP contribution in [0.2, 0.25) is 0 Å². The van der Waals surface area contributed by atoms with Crippen LogP contribution < -0.4 is 15.6 Å². The maximum absolute atomic E-state index is 14.4. The molecule has 0 radical (unpaired) electrons. The van der Waals surface area contributed by atoms with Crippen LogP contribution in [-0.2, 0) is 12.3 Å². The minimum atomic E-state index is -3.10. The van der Waals surface area contributed by atoms with E-state index in [1.54, 1.807) is 48.5 Å². The second kappa shape index (κ2) is 10.7. The smallest absolute Gasteiger partial charge is 0.306 e. The summed E-state index contributed by atoms with van der Waals surface area (Å²) in [4.78, 5) is 14.1. The van der Waals surface area contributed by atoms with E-state index >= 15 is 0 Å². The molecule has 0 saturated carbocycles. The van der Waals surface area contributed by atoms with Gasteiger partial charge in [-0.1, -0.05) is 48.5 Å². The van der Waals surface area contributed by atoms with E-state index in [1.165, 1.54) is 24.3 Å². The van der Waals surface area contributed by atoms with E-state index in [0.717, 1.165) is 5.56 Å². The van der Waals surface area contributed by atoms with Crippen LogP contribution in [0.25, 0.3) is 10.9 Å². The first-order valence-corrected chi connectivity index (χ1v) is 11.2. The third kappa shape index (κ3) is 6.03. The lowest BCUT2D eigenvalue weighted by Crippen LogP contribution is -2.24. The van der Waals surface area contributed by atoms with E-state index in [4.69, 9.17) is 4.74 Å².